The Morgan fingerprint density at radius 2 is 2.27 bits per heavy atom. The van der Waals surface area contributed by atoms with Gasteiger partial charge in [0, 0.05) is 6.21 Å². The van der Waals surface area contributed by atoms with E-state index in [1.807, 2.05) is 13.0 Å². The third kappa shape index (κ3) is 3.48. The van der Waals surface area contributed by atoms with E-state index in [4.69, 9.17) is 11.6 Å². The molecule has 0 aromatic heterocycles. The van der Waals surface area contributed by atoms with E-state index in [0.29, 0.717) is 5.02 Å². The topological polar surface area (TPSA) is 12.4 Å². The van der Waals surface area contributed by atoms with Gasteiger partial charge >= 0.3 is 0 Å². The van der Waals surface area contributed by atoms with Gasteiger partial charge in [0.1, 0.15) is 11.5 Å². The molecule has 0 aliphatic carbocycles. The van der Waals surface area contributed by atoms with E-state index >= 15 is 0 Å². The maximum absolute atomic E-state index is 13.2. The molecule has 15 heavy (non-hydrogen) atoms. The van der Waals surface area contributed by atoms with Gasteiger partial charge in [-0.15, -0.1) is 0 Å². The molecule has 0 aliphatic rings. The molecule has 0 bridgehead atoms. The first-order valence-electron chi connectivity index (χ1n) is 4.79. The minimum absolute atomic E-state index is 0.194. The van der Waals surface area contributed by atoms with Crippen molar-refractivity contribution in [3.8, 4) is 0 Å². The summed E-state index contributed by atoms with van der Waals surface area (Å²) < 4.78 is 13.2. The second-order valence-electron chi connectivity index (χ2n) is 3.22. The van der Waals surface area contributed by atoms with Gasteiger partial charge < -0.3 is 0 Å². The van der Waals surface area contributed by atoms with Gasteiger partial charge in [0.05, 0.1) is 5.02 Å². The molecule has 0 radical (unpaired) electrons. The summed E-state index contributed by atoms with van der Waals surface area (Å²) in [6, 6.07) is 4.52. The number of rotatable bonds is 3. The van der Waals surface area contributed by atoms with Crippen molar-refractivity contribution in [1.29, 1.82) is 0 Å². The molecule has 0 heterocycles. The summed E-state index contributed by atoms with van der Waals surface area (Å²) in [6.07, 6.45) is 4.38. The first kappa shape index (κ1) is 11.9. The second-order valence-corrected chi connectivity index (χ2v) is 3.62. The molecule has 80 valence electrons. The Kier molecular flexibility index (Phi) is 4.50. The minimum atomic E-state index is -0.402. The maximum Gasteiger partial charge on any atom is 0.150 e. The Hall–Kier alpha value is -1.15. The van der Waals surface area contributed by atoms with Gasteiger partial charge in [-0.05, 0) is 31.6 Å². The van der Waals surface area contributed by atoms with Crippen LogP contribution in [0.5, 0.6) is 0 Å². The summed E-state index contributed by atoms with van der Waals surface area (Å²) in [6.45, 7) is 4.05. The Labute approximate surface area is 94.3 Å². The Balaban J connectivity index is 2.90. The van der Waals surface area contributed by atoms with Gasteiger partial charge in [-0.25, -0.2) is 4.39 Å². The van der Waals surface area contributed by atoms with Crippen molar-refractivity contribution in [1.82, 2.24) is 0 Å². The van der Waals surface area contributed by atoms with Crippen molar-refractivity contribution in [3.63, 3.8) is 0 Å². The highest BCUT2D eigenvalue weighted by molar-refractivity contribution is 6.33. The minimum Gasteiger partial charge on any atom is -0.252 e. The van der Waals surface area contributed by atoms with Gasteiger partial charge in [0.2, 0.25) is 0 Å². The molecule has 1 aromatic carbocycles. The van der Waals surface area contributed by atoms with E-state index in [1.54, 1.807) is 18.3 Å². The molecule has 0 saturated heterocycles. The van der Waals surface area contributed by atoms with E-state index < -0.39 is 5.82 Å². The average molecular weight is 226 g/mol. The number of nitrogens with zero attached hydrogens (tertiary/aromatic N) is 1. The van der Waals surface area contributed by atoms with Gasteiger partial charge in [0.15, 0.2) is 0 Å². The van der Waals surface area contributed by atoms with E-state index in [2.05, 4.69) is 11.9 Å². The van der Waals surface area contributed by atoms with Crippen molar-refractivity contribution < 1.29 is 4.39 Å². The number of para-hydroxylation sites is 1. The fourth-order valence-corrected chi connectivity index (χ4v) is 1.18. The number of halogens is 2. The molecule has 0 N–H and O–H groups in total. The molecule has 3 heteroatoms. The summed E-state index contributed by atoms with van der Waals surface area (Å²) in [5, 5.41) is 0.328. The molecule has 1 aromatic rings. The van der Waals surface area contributed by atoms with Crippen LogP contribution in [-0.4, -0.2) is 6.21 Å². The van der Waals surface area contributed by atoms with Crippen molar-refractivity contribution in [2.45, 2.75) is 20.3 Å². The molecule has 0 aliphatic heterocycles. The molecule has 0 amide bonds. The van der Waals surface area contributed by atoms with Crippen LogP contribution < -0.4 is 0 Å². The van der Waals surface area contributed by atoms with Crippen molar-refractivity contribution in [2.24, 2.45) is 4.99 Å². The van der Waals surface area contributed by atoms with Crippen LogP contribution in [0.3, 0.4) is 0 Å². The van der Waals surface area contributed by atoms with Crippen LogP contribution in [0.1, 0.15) is 20.3 Å². The van der Waals surface area contributed by atoms with Crippen LogP contribution in [-0.2, 0) is 0 Å². The van der Waals surface area contributed by atoms with Gasteiger partial charge in [-0.3, -0.25) is 4.99 Å². The molecular formula is C12H13ClFN. The number of aliphatic imine (C=N–C) groups is 1. The van der Waals surface area contributed by atoms with Gasteiger partial charge in [0.25, 0.3) is 0 Å². The first-order valence-corrected chi connectivity index (χ1v) is 5.16. The molecule has 0 atom stereocenters. The van der Waals surface area contributed by atoms with Crippen LogP contribution in [0.4, 0.5) is 10.1 Å². The van der Waals surface area contributed by atoms with E-state index in [-0.39, 0.29) is 5.69 Å². The van der Waals surface area contributed by atoms with Crippen molar-refractivity contribution >= 4 is 23.5 Å². The summed E-state index contributed by atoms with van der Waals surface area (Å²) in [4.78, 5) is 3.98. The van der Waals surface area contributed by atoms with Crippen LogP contribution in [0, 0.1) is 5.82 Å². The third-order valence-electron chi connectivity index (χ3n) is 2.06. The Morgan fingerprint density at radius 1 is 1.53 bits per heavy atom. The SMILES string of the molecule is CC/C(C)=C/C=N\c1c(F)cccc1Cl. The fourth-order valence-electron chi connectivity index (χ4n) is 0.969. The predicted octanol–water partition coefficient (Wildman–Crippen LogP) is 4.54. The number of hydrogen-bond acceptors (Lipinski definition) is 1. The van der Waals surface area contributed by atoms with E-state index in [1.165, 1.54) is 11.6 Å². The predicted molar refractivity (Wildman–Crippen MR) is 63.6 cm³/mol. The van der Waals surface area contributed by atoms with Crippen LogP contribution in [0.2, 0.25) is 5.02 Å². The van der Waals surface area contributed by atoms with Gasteiger partial charge in [-0.2, -0.15) is 0 Å². The van der Waals surface area contributed by atoms with E-state index in [0.717, 1.165) is 6.42 Å². The lowest BCUT2D eigenvalue weighted by Crippen LogP contribution is -1.78. The van der Waals surface area contributed by atoms with E-state index in [9.17, 15) is 4.39 Å². The summed E-state index contributed by atoms with van der Waals surface area (Å²) in [7, 11) is 0. The average Bonchev–Trinajstić information content (AvgIpc) is 2.22. The number of allylic oxidation sites excluding steroid dienone is 2. The molecule has 1 rings (SSSR count). The van der Waals surface area contributed by atoms with Crippen LogP contribution in [0.15, 0.2) is 34.8 Å². The highest BCUT2D eigenvalue weighted by Gasteiger charge is 2.02. The lowest BCUT2D eigenvalue weighted by molar-refractivity contribution is 0.630. The largest absolute Gasteiger partial charge is 0.252 e. The standard InChI is InChI=1S/C12H13ClFN/c1-3-9(2)7-8-15-12-10(13)5-4-6-11(12)14/h4-8H,3H2,1-2H3/b9-7+,15-8-. The Bertz CT molecular complexity index is 376. The van der Waals surface area contributed by atoms with Crippen LogP contribution >= 0.6 is 11.6 Å². The molecular weight excluding hydrogens is 213 g/mol. The molecule has 0 spiro atoms. The van der Waals surface area contributed by atoms with Crippen molar-refractivity contribution in [3.05, 3.63) is 40.7 Å². The summed E-state index contributed by atoms with van der Waals surface area (Å²) in [5.74, 6) is -0.402. The molecule has 1 nitrogen and oxygen atoms in total. The zero-order chi connectivity index (χ0) is 11.3. The highest BCUT2D eigenvalue weighted by atomic mass is 35.5. The second kappa shape index (κ2) is 5.66. The van der Waals surface area contributed by atoms with Crippen LogP contribution in [0.25, 0.3) is 0 Å². The highest BCUT2D eigenvalue weighted by Crippen LogP contribution is 2.27. The quantitative estimate of drug-likeness (QED) is 0.670. The van der Waals surface area contributed by atoms with Gasteiger partial charge in [-0.1, -0.05) is 30.2 Å². The lowest BCUT2D eigenvalue weighted by Gasteiger charge is -1.98. The first-order chi connectivity index (χ1) is 7.15. The zero-order valence-electron chi connectivity index (χ0n) is 8.80. The summed E-state index contributed by atoms with van der Waals surface area (Å²) in [5.41, 5.74) is 1.38. The third-order valence-corrected chi connectivity index (χ3v) is 2.36. The normalized spacial score (nSPS) is 12.4. The number of benzene rings is 1. The molecule has 0 fully saturated rings. The maximum atomic E-state index is 13.2. The Morgan fingerprint density at radius 3 is 2.87 bits per heavy atom. The fraction of sp³-hybridized carbons (Fsp3) is 0.250. The molecule has 0 unspecified atom stereocenters. The smallest absolute Gasteiger partial charge is 0.150 e. The molecule has 0 saturated carbocycles. The zero-order valence-corrected chi connectivity index (χ0v) is 9.55. The van der Waals surface area contributed by atoms with Crippen molar-refractivity contribution in [2.75, 3.05) is 0 Å². The monoisotopic (exact) mass is 225 g/mol. The summed E-state index contributed by atoms with van der Waals surface area (Å²) >= 11 is 5.80. The number of hydrogen-bond donors (Lipinski definition) is 0. The lowest BCUT2D eigenvalue weighted by atomic mass is 10.2.